The molecule has 0 saturated carbocycles. The zero-order valence-corrected chi connectivity index (χ0v) is 14.4. The summed E-state index contributed by atoms with van der Waals surface area (Å²) in [6.07, 6.45) is -0.573. The summed E-state index contributed by atoms with van der Waals surface area (Å²) in [6, 6.07) is -2.31. The van der Waals surface area contributed by atoms with Crippen LogP contribution in [0.1, 0.15) is 25.7 Å². The van der Waals surface area contributed by atoms with Crippen molar-refractivity contribution in [2.45, 2.75) is 43.9 Å². The number of guanidine groups is 2. The van der Waals surface area contributed by atoms with Crippen LogP contribution in [0.25, 0.3) is 0 Å². The summed E-state index contributed by atoms with van der Waals surface area (Å²) in [4.78, 5) is 32.6. The number of hydrogen-bond donors (Lipinski definition) is 10. The van der Waals surface area contributed by atoms with Crippen molar-refractivity contribution >= 4 is 23.9 Å². The number of hydrazine groups is 1. The Labute approximate surface area is 154 Å². The van der Waals surface area contributed by atoms with E-state index in [-0.39, 0.29) is 31.8 Å². The molecule has 15 heteroatoms. The van der Waals surface area contributed by atoms with Gasteiger partial charge in [0.2, 0.25) is 0 Å². The van der Waals surface area contributed by atoms with E-state index >= 15 is 0 Å². The molecule has 12 N–H and O–H groups in total. The SMILES string of the molecule is N=C(N)NCCC[C@H](NC(CC[C@H](N)C(=O)O)NC(=N)N[N+](=O)[O-])C(=O)O. The third kappa shape index (κ3) is 11.9. The fourth-order valence-electron chi connectivity index (χ4n) is 2.01. The topological polar surface area (TPSA) is 266 Å². The lowest BCUT2D eigenvalue weighted by molar-refractivity contribution is -0.525. The number of aliphatic carboxylic acids is 2. The van der Waals surface area contributed by atoms with Crippen LogP contribution in [0, 0.1) is 20.9 Å². The van der Waals surface area contributed by atoms with Crippen LogP contribution in [-0.2, 0) is 9.59 Å². The van der Waals surface area contributed by atoms with Crippen molar-refractivity contribution in [2.24, 2.45) is 11.5 Å². The Morgan fingerprint density at radius 2 is 1.78 bits per heavy atom. The Balaban J connectivity index is 4.87. The second-order valence-electron chi connectivity index (χ2n) is 5.50. The molecule has 0 saturated heterocycles. The van der Waals surface area contributed by atoms with E-state index in [0.717, 1.165) is 0 Å². The molecule has 0 aliphatic carbocycles. The standard InChI is InChI=1S/C12H25N9O6/c13-6(9(22)23)3-4-8(19-12(16)20-21(26)27)18-7(10(24)25)2-1-5-17-11(14)15/h6-8,18H,1-5,13H2,(H,22,23)(H,24,25)(H4,14,15,17)(H3,16,19,20)/t6-,7-,8?/m0/s1. The molecule has 27 heavy (non-hydrogen) atoms. The second-order valence-corrected chi connectivity index (χ2v) is 5.50. The summed E-state index contributed by atoms with van der Waals surface area (Å²) in [5, 5.41) is 49.5. The van der Waals surface area contributed by atoms with E-state index in [1.165, 1.54) is 0 Å². The summed E-state index contributed by atoms with van der Waals surface area (Å²) >= 11 is 0. The van der Waals surface area contributed by atoms with Crippen molar-refractivity contribution in [1.82, 2.24) is 21.4 Å². The van der Waals surface area contributed by atoms with E-state index in [4.69, 9.17) is 27.4 Å². The van der Waals surface area contributed by atoms with Gasteiger partial charge >= 0.3 is 11.9 Å². The first-order chi connectivity index (χ1) is 12.5. The summed E-state index contributed by atoms with van der Waals surface area (Å²) in [7, 11) is 0. The molecule has 0 amide bonds. The lowest BCUT2D eigenvalue weighted by Gasteiger charge is -2.25. The first-order valence-electron chi connectivity index (χ1n) is 7.84. The molecular weight excluding hydrogens is 366 g/mol. The van der Waals surface area contributed by atoms with Gasteiger partial charge in [0, 0.05) is 6.54 Å². The van der Waals surface area contributed by atoms with Gasteiger partial charge in [-0.05, 0) is 25.7 Å². The van der Waals surface area contributed by atoms with Gasteiger partial charge in [0.25, 0.3) is 5.96 Å². The van der Waals surface area contributed by atoms with Gasteiger partial charge in [-0.3, -0.25) is 25.7 Å². The summed E-state index contributed by atoms with van der Waals surface area (Å²) in [5.41, 5.74) is 12.1. The zero-order chi connectivity index (χ0) is 21.0. The highest BCUT2D eigenvalue weighted by molar-refractivity contribution is 5.76. The van der Waals surface area contributed by atoms with Crippen molar-refractivity contribution < 1.29 is 24.8 Å². The minimum Gasteiger partial charge on any atom is -0.480 e. The fraction of sp³-hybridized carbons (Fsp3) is 0.667. The van der Waals surface area contributed by atoms with Crippen molar-refractivity contribution in [1.29, 1.82) is 10.8 Å². The Hall–Kier alpha value is -3.20. The molecule has 0 bridgehead atoms. The van der Waals surface area contributed by atoms with Gasteiger partial charge in [-0.2, -0.15) is 0 Å². The van der Waals surface area contributed by atoms with Gasteiger partial charge in [-0.15, -0.1) is 0 Å². The highest BCUT2D eigenvalue weighted by Crippen LogP contribution is 2.04. The predicted molar refractivity (Wildman–Crippen MR) is 93.3 cm³/mol. The Bertz CT molecular complexity index is 557. The Morgan fingerprint density at radius 1 is 1.15 bits per heavy atom. The molecule has 0 aromatic heterocycles. The first kappa shape index (κ1) is 23.8. The van der Waals surface area contributed by atoms with Crippen molar-refractivity contribution in [2.75, 3.05) is 6.54 Å². The Morgan fingerprint density at radius 3 is 2.26 bits per heavy atom. The van der Waals surface area contributed by atoms with Gasteiger partial charge in [0.15, 0.2) is 11.0 Å². The summed E-state index contributed by atoms with van der Waals surface area (Å²) < 4.78 is 0. The first-order valence-corrected chi connectivity index (χ1v) is 7.84. The molecule has 1 unspecified atom stereocenters. The largest absolute Gasteiger partial charge is 0.480 e. The average molecular weight is 391 g/mol. The monoisotopic (exact) mass is 391 g/mol. The van der Waals surface area contributed by atoms with Crippen molar-refractivity contribution in [3.63, 3.8) is 0 Å². The maximum Gasteiger partial charge on any atom is 0.320 e. The highest BCUT2D eigenvalue weighted by Gasteiger charge is 2.24. The van der Waals surface area contributed by atoms with E-state index in [2.05, 4.69) is 16.0 Å². The molecular formula is C12H25N9O6. The molecule has 154 valence electrons. The molecule has 0 spiro atoms. The number of nitro groups is 1. The van der Waals surface area contributed by atoms with Gasteiger partial charge in [-0.25, -0.2) is 10.1 Å². The molecule has 15 nitrogen and oxygen atoms in total. The van der Waals surface area contributed by atoms with Crippen molar-refractivity contribution in [3.8, 4) is 0 Å². The van der Waals surface area contributed by atoms with Gasteiger partial charge < -0.3 is 32.3 Å². The minimum absolute atomic E-state index is 0.00921. The van der Waals surface area contributed by atoms with E-state index in [0.29, 0.717) is 6.42 Å². The van der Waals surface area contributed by atoms with Gasteiger partial charge in [0.05, 0.1) is 6.17 Å². The van der Waals surface area contributed by atoms with E-state index < -0.39 is 41.2 Å². The third-order valence-electron chi connectivity index (χ3n) is 3.29. The van der Waals surface area contributed by atoms with Gasteiger partial charge in [-0.1, -0.05) is 5.43 Å². The smallest absolute Gasteiger partial charge is 0.320 e. The second kappa shape index (κ2) is 12.2. The summed E-state index contributed by atoms with van der Waals surface area (Å²) in [6.45, 7) is 0.265. The van der Waals surface area contributed by atoms with Crippen LogP contribution in [0.5, 0.6) is 0 Å². The minimum atomic E-state index is -1.25. The molecule has 3 atom stereocenters. The average Bonchev–Trinajstić information content (AvgIpc) is 2.53. The number of carbonyl (C=O) groups is 2. The quantitative estimate of drug-likeness (QED) is 0.0378. The maximum atomic E-state index is 11.4. The molecule has 0 rings (SSSR count). The van der Waals surface area contributed by atoms with Crippen LogP contribution in [-0.4, -0.2) is 63.9 Å². The summed E-state index contributed by atoms with van der Waals surface area (Å²) in [5.74, 6) is -3.42. The van der Waals surface area contributed by atoms with Crippen LogP contribution >= 0.6 is 0 Å². The molecule has 0 aromatic carbocycles. The number of rotatable bonds is 13. The predicted octanol–water partition coefficient (Wildman–Crippen LogP) is -2.88. The number of carboxylic acids is 2. The zero-order valence-electron chi connectivity index (χ0n) is 14.4. The molecule has 0 heterocycles. The number of nitrogens with two attached hydrogens (primary N) is 2. The van der Waals surface area contributed by atoms with E-state index in [9.17, 15) is 24.8 Å². The highest BCUT2D eigenvalue weighted by atomic mass is 16.7. The van der Waals surface area contributed by atoms with Crippen LogP contribution in [0.3, 0.4) is 0 Å². The lowest BCUT2D eigenvalue weighted by atomic mass is 10.1. The third-order valence-corrected chi connectivity index (χ3v) is 3.29. The van der Waals surface area contributed by atoms with Crippen LogP contribution in [0.2, 0.25) is 0 Å². The lowest BCUT2D eigenvalue weighted by Crippen LogP contribution is -2.55. The van der Waals surface area contributed by atoms with Crippen LogP contribution < -0.4 is 32.8 Å². The number of carboxylic acid groups (broad SMARTS) is 2. The van der Waals surface area contributed by atoms with Gasteiger partial charge in [0.1, 0.15) is 12.1 Å². The Kier molecular flexibility index (Phi) is 10.8. The molecule has 0 fully saturated rings. The number of hydrogen-bond acceptors (Lipinski definition) is 8. The normalized spacial score (nSPS) is 13.7. The van der Waals surface area contributed by atoms with E-state index in [1.54, 1.807) is 5.43 Å². The van der Waals surface area contributed by atoms with E-state index in [1.807, 2.05) is 0 Å². The molecule has 0 radical (unpaired) electrons. The fourth-order valence-corrected chi connectivity index (χ4v) is 2.01. The van der Waals surface area contributed by atoms with Crippen molar-refractivity contribution in [3.05, 3.63) is 10.1 Å². The van der Waals surface area contributed by atoms with Crippen LogP contribution in [0.4, 0.5) is 0 Å². The molecule has 0 aliphatic heterocycles. The maximum absolute atomic E-state index is 11.4. The van der Waals surface area contributed by atoms with Crippen LogP contribution in [0.15, 0.2) is 0 Å². The number of nitrogens with one attached hydrogen (secondary N) is 6. The molecule has 0 aromatic rings. The molecule has 0 aliphatic rings. The number of nitrogens with zero attached hydrogens (tertiary/aromatic N) is 1.